The van der Waals surface area contributed by atoms with Crippen LogP contribution in [0.15, 0.2) is 48.7 Å². The lowest BCUT2D eigenvalue weighted by Crippen LogP contribution is -2.49. The second kappa shape index (κ2) is 17.4. The van der Waals surface area contributed by atoms with E-state index in [1.54, 1.807) is 35.4 Å². The largest absolute Gasteiger partial charge is 0.439 e. The number of amides is 3. The number of aromatic nitrogens is 1. The molecule has 0 bridgehead atoms. The van der Waals surface area contributed by atoms with Gasteiger partial charge in [-0.3, -0.25) is 14.4 Å². The summed E-state index contributed by atoms with van der Waals surface area (Å²) in [5, 5.41) is 2.60. The van der Waals surface area contributed by atoms with Crippen LogP contribution in [0.1, 0.15) is 55.7 Å². The molecule has 2 aromatic carbocycles. The van der Waals surface area contributed by atoms with Crippen molar-refractivity contribution >= 4 is 45.7 Å². The molecule has 0 radical (unpaired) electrons. The number of halogens is 3. The van der Waals surface area contributed by atoms with Gasteiger partial charge in [0.2, 0.25) is 21.8 Å². The van der Waals surface area contributed by atoms with Crippen LogP contribution in [0.4, 0.5) is 25.0 Å². The minimum absolute atomic E-state index is 0. The highest BCUT2D eigenvalue weighted by molar-refractivity contribution is 7.92. The number of nitrogens with one attached hydrogen (secondary N) is 2. The Morgan fingerprint density at radius 1 is 1.08 bits per heavy atom. The molecule has 1 aliphatic rings. The van der Waals surface area contributed by atoms with Gasteiger partial charge < -0.3 is 20.7 Å². The van der Waals surface area contributed by atoms with Crippen LogP contribution < -0.4 is 20.5 Å². The Morgan fingerprint density at radius 3 is 2.42 bits per heavy atom. The van der Waals surface area contributed by atoms with E-state index in [0.717, 1.165) is 68.6 Å². The van der Waals surface area contributed by atoms with Crippen molar-refractivity contribution < 1.29 is 31.5 Å². The van der Waals surface area contributed by atoms with Gasteiger partial charge in [0.15, 0.2) is 0 Å². The van der Waals surface area contributed by atoms with E-state index in [1.807, 2.05) is 13.0 Å². The lowest BCUT2D eigenvalue weighted by molar-refractivity contribution is -0.117. The minimum Gasteiger partial charge on any atom is -0.439 e. The number of sulfonamides is 1. The average molecular weight is 709 g/mol. The molecule has 0 aliphatic carbocycles. The number of likely N-dealkylation sites (tertiary alicyclic amines) is 1. The molecule has 3 aromatic rings. The average Bonchev–Trinajstić information content (AvgIpc) is 2.99. The number of anilines is 2. The Kier molecular flexibility index (Phi) is 13.9. The van der Waals surface area contributed by atoms with E-state index in [-0.39, 0.29) is 29.7 Å². The molecular formula is C33H43ClF2N6O5S. The first-order valence-corrected chi connectivity index (χ1v) is 17.5. The third kappa shape index (κ3) is 11.3. The van der Waals surface area contributed by atoms with Gasteiger partial charge in [0.25, 0.3) is 0 Å². The molecule has 0 unspecified atom stereocenters. The fourth-order valence-electron chi connectivity index (χ4n) is 5.55. The van der Waals surface area contributed by atoms with Crippen LogP contribution in [-0.4, -0.2) is 67.1 Å². The highest BCUT2D eigenvalue weighted by Gasteiger charge is 2.28. The second-order valence-corrected chi connectivity index (χ2v) is 13.6. The highest BCUT2D eigenvalue weighted by Crippen LogP contribution is 2.28. The summed E-state index contributed by atoms with van der Waals surface area (Å²) in [5.41, 5.74) is 7.11. The number of hydrogen-bond donors (Lipinski definition) is 3. The molecular weight excluding hydrogens is 666 g/mol. The molecule has 1 aromatic heterocycles. The minimum atomic E-state index is -3.38. The molecule has 2 heterocycles. The van der Waals surface area contributed by atoms with E-state index >= 15 is 0 Å². The summed E-state index contributed by atoms with van der Waals surface area (Å²) in [4.78, 5) is 33.2. The number of rotatable bonds is 14. The van der Waals surface area contributed by atoms with Crippen molar-refractivity contribution in [3.63, 3.8) is 0 Å². The number of benzene rings is 2. The maximum Gasteiger partial charge on any atom is 0.322 e. The number of urea groups is 1. The molecule has 0 spiro atoms. The number of hydrogen-bond acceptors (Lipinski definition) is 7. The summed E-state index contributed by atoms with van der Waals surface area (Å²) >= 11 is 0. The molecule has 4 N–H and O–H groups in total. The molecule has 4 rings (SSSR count). The van der Waals surface area contributed by atoms with Crippen LogP contribution in [0.2, 0.25) is 0 Å². The Balaban J connectivity index is 0.00000625. The Labute approximate surface area is 286 Å². The predicted octanol–water partition coefficient (Wildman–Crippen LogP) is 5.97. The number of nitrogens with two attached hydrogens (primary N) is 1. The number of piperidine rings is 1. The van der Waals surface area contributed by atoms with Gasteiger partial charge in [-0.2, -0.15) is 0 Å². The molecule has 11 nitrogen and oxygen atoms in total. The van der Waals surface area contributed by atoms with Gasteiger partial charge in [0.1, 0.15) is 17.4 Å². The van der Waals surface area contributed by atoms with Crippen LogP contribution in [0.3, 0.4) is 0 Å². The van der Waals surface area contributed by atoms with E-state index in [0.29, 0.717) is 36.5 Å². The number of aryl methyl sites for hydroxylation is 1. The summed E-state index contributed by atoms with van der Waals surface area (Å²) in [6, 6.07) is 9.98. The second-order valence-electron chi connectivity index (χ2n) is 11.9. The maximum atomic E-state index is 14.6. The number of unbranched alkanes of at least 4 members (excludes halogenated alkanes) is 2. The van der Waals surface area contributed by atoms with E-state index in [4.69, 9.17) is 10.5 Å². The van der Waals surface area contributed by atoms with Gasteiger partial charge in [0, 0.05) is 56.2 Å². The fraction of sp³-hybridized carbons (Fsp3) is 0.424. The van der Waals surface area contributed by atoms with Crippen LogP contribution >= 0.6 is 12.4 Å². The molecule has 1 fully saturated rings. The van der Waals surface area contributed by atoms with E-state index in [1.165, 1.54) is 0 Å². The quantitative estimate of drug-likeness (QED) is 0.175. The SMILES string of the molecule is CCCCCN(C(=O)Nc1cc(CC(N)=O)c(F)cc1F)C1CCN(Cc2ccc(Oc3ccc(NS(C)(=O)=O)cc3C)nc2)CC1.Cl. The third-order valence-electron chi connectivity index (χ3n) is 7.90. The molecule has 0 saturated carbocycles. The number of carbonyl (C=O) groups excluding carboxylic acids is 2. The number of pyridine rings is 1. The molecule has 0 atom stereocenters. The molecule has 1 saturated heterocycles. The van der Waals surface area contributed by atoms with Crippen molar-refractivity contribution in [1.29, 1.82) is 0 Å². The number of nitrogens with zero attached hydrogens (tertiary/aromatic N) is 3. The van der Waals surface area contributed by atoms with Crippen LogP contribution in [0.25, 0.3) is 0 Å². The smallest absolute Gasteiger partial charge is 0.322 e. The summed E-state index contributed by atoms with van der Waals surface area (Å²) in [6.07, 6.45) is 6.59. The normalized spacial score (nSPS) is 13.8. The van der Waals surface area contributed by atoms with E-state index in [9.17, 15) is 26.8 Å². The maximum absolute atomic E-state index is 14.6. The Bertz CT molecular complexity index is 1670. The Morgan fingerprint density at radius 2 is 1.81 bits per heavy atom. The number of ether oxygens (including phenoxy) is 1. The van der Waals surface area contributed by atoms with Crippen LogP contribution in [0.5, 0.6) is 11.6 Å². The van der Waals surface area contributed by atoms with Crippen molar-refractivity contribution in [3.05, 3.63) is 77.0 Å². The van der Waals surface area contributed by atoms with Crippen LogP contribution in [0, 0.1) is 18.6 Å². The van der Waals surface area contributed by atoms with Gasteiger partial charge in [-0.1, -0.05) is 25.8 Å². The number of carbonyl (C=O) groups is 2. The van der Waals surface area contributed by atoms with Gasteiger partial charge in [-0.25, -0.2) is 27.0 Å². The van der Waals surface area contributed by atoms with Crippen LogP contribution in [-0.2, 0) is 27.8 Å². The Hall–Kier alpha value is -4.01. The van der Waals surface area contributed by atoms with Crippen molar-refractivity contribution in [2.75, 3.05) is 35.9 Å². The highest BCUT2D eigenvalue weighted by atomic mass is 35.5. The molecule has 3 amide bonds. The molecule has 15 heteroatoms. The van der Waals surface area contributed by atoms with Crippen molar-refractivity contribution in [3.8, 4) is 11.6 Å². The van der Waals surface area contributed by atoms with Gasteiger partial charge >= 0.3 is 6.03 Å². The third-order valence-corrected chi connectivity index (χ3v) is 8.51. The van der Waals surface area contributed by atoms with Crippen molar-refractivity contribution in [1.82, 2.24) is 14.8 Å². The first kappa shape index (κ1) is 38.4. The first-order chi connectivity index (χ1) is 22.3. The zero-order valence-electron chi connectivity index (χ0n) is 27.3. The topological polar surface area (TPSA) is 147 Å². The van der Waals surface area contributed by atoms with Gasteiger partial charge in [0.05, 0.1) is 18.4 Å². The molecule has 262 valence electrons. The summed E-state index contributed by atoms with van der Waals surface area (Å²) in [5.74, 6) is -1.61. The molecule has 48 heavy (non-hydrogen) atoms. The monoisotopic (exact) mass is 708 g/mol. The van der Waals surface area contributed by atoms with Crippen molar-refractivity contribution in [2.24, 2.45) is 5.73 Å². The lowest BCUT2D eigenvalue weighted by atomic mass is 10.0. The summed E-state index contributed by atoms with van der Waals surface area (Å²) in [7, 11) is -3.38. The zero-order valence-corrected chi connectivity index (χ0v) is 28.9. The standard InChI is InChI=1S/C33H42F2N6O5S.ClH/c1-4-5-6-13-41(33(43)38-29-17-24(18-31(36)42)27(34)19-28(29)35)26-11-14-40(15-12-26)21-23-7-10-32(37-20-23)46-30-9-8-25(16-22(30)2)39-47(3,44)45;/h7-10,16-17,19-20,26,39H,4-6,11-15,18,21H2,1-3H3,(H2,36,42)(H,38,43);1H. The predicted molar refractivity (Wildman–Crippen MR) is 184 cm³/mol. The van der Waals surface area contributed by atoms with E-state index < -0.39 is 40.0 Å². The summed E-state index contributed by atoms with van der Waals surface area (Å²) < 4.78 is 60.1. The van der Waals surface area contributed by atoms with Gasteiger partial charge in [-0.05, 0) is 67.1 Å². The fourth-order valence-corrected chi connectivity index (χ4v) is 6.10. The summed E-state index contributed by atoms with van der Waals surface area (Å²) in [6.45, 7) is 6.53. The number of primary amides is 1. The van der Waals surface area contributed by atoms with Gasteiger partial charge in [-0.15, -0.1) is 12.4 Å². The van der Waals surface area contributed by atoms with E-state index in [2.05, 4.69) is 26.8 Å². The first-order valence-electron chi connectivity index (χ1n) is 15.6. The zero-order chi connectivity index (χ0) is 34.1. The van der Waals surface area contributed by atoms with Crippen molar-refractivity contribution in [2.45, 2.75) is 65.0 Å². The molecule has 1 aliphatic heterocycles. The lowest BCUT2D eigenvalue weighted by Gasteiger charge is -2.38.